The highest BCUT2D eigenvalue weighted by Crippen LogP contribution is 2.32. The van der Waals surface area contributed by atoms with Crippen molar-refractivity contribution in [2.75, 3.05) is 44.2 Å². The van der Waals surface area contributed by atoms with E-state index in [1.165, 1.54) is 22.3 Å². The molecule has 3 rings (SSSR count). The molecule has 7 nitrogen and oxygen atoms in total. The Morgan fingerprint density at radius 2 is 2.04 bits per heavy atom. The topological polar surface area (TPSA) is 68.8 Å². The number of carbonyl (C=O) groups excluding carboxylic acids is 2. The van der Waals surface area contributed by atoms with Gasteiger partial charge in [-0.05, 0) is 24.8 Å². The predicted octanol–water partition coefficient (Wildman–Crippen LogP) is 1.75. The van der Waals surface area contributed by atoms with Crippen molar-refractivity contribution in [1.29, 1.82) is 0 Å². The molecule has 1 aromatic heterocycles. The molecule has 0 unspecified atom stereocenters. The maximum Gasteiger partial charge on any atom is 0.265 e. The number of hydrogen-bond donors (Lipinski definition) is 1. The second-order valence-electron chi connectivity index (χ2n) is 6.09. The summed E-state index contributed by atoms with van der Waals surface area (Å²) in [6.45, 7) is 10.7. The van der Waals surface area contributed by atoms with Gasteiger partial charge in [0.25, 0.3) is 11.8 Å². The van der Waals surface area contributed by atoms with E-state index in [2.05, 4.69) is 33.6 Å². The lowest BCUT2D eigenvalue weighted by Crippen LogP contribution is -2.53. The molecule has 0 atom stereocenters. The third-order valence-electron chi connectivity index (χ3n) is 4.46. The maximum absolute atomic E-state index is 12.6. The summed E-state index contributed by atoms with van der Waals surface area (Å²) in [5, 5.41) is 3.68. The van der Waals surface area contributed by atoms with Crippen LogP contribution in [0.25, 0.3) is 6.08 Å². The molecule has 2 saturated heterocycles. The van der Waals surface area contributed by atoms with Gasteiger partial charge in [-0.1, -0.05) is 35.9 Å². The number of rotatable bonds is 5. The van der Waals surface area contributed by atoms with Crippen LogP contribution in [-0.4, -0.2) is 71.0 Å². The van der Waals surface area contributed by atoms with E-state index in [1.54, 1.807) is 6.08 Å². The average Bonchev–Trinajstić information content (AvgIpc) is 3.02. The van der Waals surface area contributed by atoms with Crippen LogP contribution in [0.4, 0.5) is 5.13 Å². The summed E-state index contributed by atoms with van der Waals surface area (Å²) in [4.78, 5) is 35.7. The Morgan fingerprint density at radius 1 is 1.33 bits per heavy atom. The largest absolute Gasteiger partial charge is 0.345 e. The number of amides is 2. The molecular formula is C17H20ClN5O2S2. The van der Waals surface area contributed by atoms with Crippen LogP contribution >= 0.6 is 35.2 Å². The van der Waals surface area contributed by atoms with E-state index >= 15 is 0 Å². The van der Waals surface area contributed by atoms with Crippen molar-refractivity contribution in [3.63, 3.8) is 0 Å². The molecule has 0 spiro atoms. The Morgan fingerprint density at radius 3 is 2.67 bits per heavy atom. The molecule has 2 amide bonds. The summed E-state index contributed by atoms with van der Waals surface area (Å²) in [6.07, 6.45) is 3.04. The number of halogens is 1. The molecule has 27 heavy (non-hydrogen) atoms. The SMILES string of the molecule is C=CCN1C(=O)/C(=C/c2sc(N3CCN(CC)CC3)nc2Cl)C(=O)NC1=S. The third-order valence-corrected chi connectivity index (χ3v) is 6.25. The fraction of sp³-hybridized carbons (Fsp3) is 0.412. The first kappa shape index (κ1) is 19.9. The van der Waals surface area contributed by atoms with Crippen LogP contribution in [0.15, 0.2) is 18.2 Å². The molecule has 0 aromatic carbocycles. The van der Waals surface area contributed by atoms with Gasteiger partial charge in [-0.2, -0.15) is 0 Å². The van der Waals surface area contributed by atoms with Crippen molar-refractivity contribution in [2.24, 2.45) is 0 Å². The van der Waals surface area contributed by atoms with Crippen molar-refractivity contribution in [1.82, 2.24) is 20.1 Å². The van der Waals surface area contributed by atoms with Crippen LogP contribution in [0.1, 0.15) is 11.8 Å². The van der Waals surface area contributed by atoms with E-state index < -0.39 is 11.8 Å². The fourth-order valence-corrected chi connectivity index (χ4v) is 4.40. The van der Waals surface area contributed by atoms with Crippen LogP contribution in [0, 0.1) is 0 Å². The van der Waals surface area contributed by atoms with Gasteiger partial charge in [-0.15, -0.1) is 6.58 Å². The van der Waals surface area contributed by atoms with Crippen molar-refractivity contribution >= 4 is 63.3 Å². The molecule has 1 aromatic rings. The molecule has 144 valence electrons. The average molecular weight is 426 g/mol. The van der Waals surface area contributed by atoms with Crippen LogP contribution < -0.4 is 10.2 Å². The van der Waals surface area contributed by atoms with Gasteiger partial charge in [0.2, 0.25) is 0 Å². The van der Waals surface area contributed by atoms with Crippen LogP contribution in [0.3, 0.4) is 0 Å². The lowest BCUT2D eigenvalue weighted by molar-refractivity contribution is -0.128. The van der Waals surface area contributed by atoms with E-state index in [0.717, 1.165) is 37.9 Å². The van der Waals surface area contributed by atoms with Crippen molar-refractivity contribution in [3.8, 4) is 0 Å². The number of likely N-dealkylation sites (N-methyl/N-ethyl adjacent to an activating group) is 1. The lowest BCUT2D eigenvalue weighted by atomic mass is 10.1. The molecule has 0 bridgehead atoms. The summed E-state index contributed by atoms with van der Waals surface area (Å²) in [6, 6.07) is 0. The van der Waals surface area contributed by atoms with E-state index in [9.17, 15) is 9.59 Å². The smallest absolute Gasteiger partial charge is 0.265 e. The minimum Gasteiger partial charge on any atom is -0.345 e. The summed E-state index contributed by atoms with van der Waals surface area (Å²) < 4.78 is 0. The number of nitrogens with one attached hydrogen (secondary N) is 1. The Kier molecular flexibility index (Phi) is 6.25. The van der Waals surface area contributed by atoms with E-state index in [-0.39, 0.29) is 22.4 Å². The zero-order chi connectivity index (χ0) is 19.6. The lowest BCUT2D eigenvalue weighted by Gasteiger charge is -2.33. The number of piperazine rings is 1. The van der Waals surface area contributed by atoms with Gasteiger partial charge in [0.15, 0.2) is 10.2 Å². The number of anilines is 1. The highest BCUT2D eigenvalue weighted by molar-refractivity contribution is 7.80. The number of carbonyl (C=O) groups is 2. The number of thiazole rings is 1. The first-order valence-electron chi connectivity index (χ1n) is 8.58. The number of thiocarbonyl (C=S) groups is 1. The zero-order valence-electron chi connectivity index (χ0n) is 14.9. The summed E-state index contributed by atoms with van der Waals surface area (Å²) in [7, 11) is 0. The Bertz CT molecular complexity index is 814. The summed E-state index contributed by atoms with van der Waals surface area (Å²) >= 11 is 12.7. The maximum atomic E-state index is 12.6. The van der Waals surface area contributed by atoms with Gasteiger partial charge in [-0.25, -0.2) is 4.98 Å². The molecule has 3 heterocycles. The minimum atomic E-state index is -0.534. The molecule has 10 heteroatoms. The monoisotopic (exact) mass is 425 g/mol. The summed E-state index contributed by atoms with van der Waals surface area (Å²) in [5.74, 6) is -1.00. The number of hydrogen-bond acceptors (Lipinski definition) is 7. The fourth-order valence-electron chi connectivity index (χ4n) is 2.90. The Balaban J connectivity index is 1.83. The molecule has 0 saturated carbocycles. The second-order valence-corrected chi connectivity index (χ2v) is 7.85. The summed E-state index contributed by atoms with van der Waals surface area (Å²) in [5.41, 5.74) is -0.0154. The highest BCUT2D eigenvalue weighted by atomic mass is 35.5. The Hall–Kier alpha value is -1.81. The van der Waals surface area contributed by atoms with Crippen LogP contribution in [0.5, 0.6) is 0 Å². The van der Waals surface area contributed by atoms with Gasteiger partial charge in [-0.3, -0.25) is 19.8 Å². The third kappa shape index (κ3) is 4.21. The molecule has 0 aliphatic carbocycles. The van der Waals surface area contributed by atoms with Gasteiger partial charge in [0.1, 0.15) is 10.7 Å². The highest BCUT2D eigenvalue weighted by Gasteiger charge is 2.33. The van der Waals surface area contributed by atoms with Crippen molar-refractivity contribution in [3.05, 3.63) is 28.3 Å². The van der Waals surface area contributed by atoms with E-state index in [4.69, 9.17) is 23.8 Å². The van der Waals surface area contributed by atoms with Gasteiger partial charge in [0.05, 0.1) is 4.88 Å². The van der Waals surface area contributed by atoms with Crippen molar-refractivity contribution < 1.29 is 9.59 Å². The Labute approximate surface area is 172 Å². The van der Waals surface area contributed by atoms with Gasteiger partial charge < -0.3 is 9.80 Å². The first-order chi connectivity index (χ1) is 12.9. The minimum absolute atomic E-state index is 0.0154. The van der Waals surface area contributed by atoms with Crippen LogP contribution in [0.2, 0.25) is 5.15 Å². The molecule has 0 radical (unpaired) electrons. The molecule has 2 aliphatic heterocycles. The van der Waals surface area contributed by atoms with Crippen LogP contribution in [-0.2, 0) is 9.59 Å². The number of aromatic nitrogens is 1. The van der Waals surface area contributed by atoms with E-state index in [0.29, 0.717) is 4.88 Å². The van der Waals surface area contributed by atoms with Crippen molar-refractivity contribution in [2.45, 2.75) is 6.92 Å². The van der Waals surface area contributed by atoms with E-state index in [1.807, 2.05) is 0 Å². The molecule has 1 N–H and O–H groups in total. The number of nitrogens with zero attached hydrogens (tertiary/aromatic N) is 4. The zero-order valence-corrected chi connectivity index (χ0v) is 17.3. The molecular weight excluding hydrogens is 406 g/mol. The standard InChI is InChI=1S/C17H20ClN5O2S2/c1-3-5-23-15(25)11(14(24)20-16(23)26)10-12-13(18)19-17(27-12)22-8-6-21(4-2)7-9-22/h3,10H,1,4-9H2,2H3,(H,20,24,26)/b11-10+. The van der Waals surface area contributed by atoms with Gasteiger partial charge in [0, 0.05) is 32.7 Å². The quantitative estimate of drug-likeness (QED) is 0.335. The second kappa shape index (κ2) is 8.47. The van der Waals surface area contributed by atoms with Gasteiger partial charge >= 0.3 is 0 Å². The molecule has 2 fully saturated rings. The molecule has 2 aliphatic rings. The first-order valence-corrected chi connectivity index (χ1v) is 10.2. The normalized spacial score (nSPS) is 20.4. The predicted molar refractivity (Wildman–Crippen MR) is 112 cm³/mol.